The number of hydrogen-bond donors (Lipinski definition) is 0. The van der Waals surface area contributed by atoms with Crippen molar-refractivity contribution in [1.29, 1.82) is 5.26 Å². The van der Waals surface area contributed by atoms with Crippen LogP contribution in [0.1, 0.15) is 49.9 Å². The molecular formula is C20H23NO. The number of nitrogens with zero attached hydrogens (tertiary/aromatic N) is 1. The van der Waals surface area contributed by atoms with Gasteiger partial charge in [-0.2, -0.15) is 5.26 Å². The van der Waals surface area contributed by atoms with Crippen molar-refractivity contribution in [3.8, 4) is 11.8 Å². The molecule has 0 fully saturated rings. The molecule has 2 nitrogen and oxygen atoms in total. The fourth-order valence-electron chi connectivity index (χ4n) is 2.42. The Morgan fingerprint density at radius 1 is 1.09 bits per heavy atom. The summed E-state index contributed by atoms with van der Waals surface area (Å²) in [5.41, 5.74) is 4.14. The van der Waals surface area contributed by atoms with E-state index in [2.05, 4.69) is 52.0 Å². The Morgan fingerprint density at radius 3 is 2.45 bits per heavy atom. The SMILES string of the molecule is CCc1ccc(OCc2ccccc2C#N)c(C(C)(C)C)c1. The predicted octanol–water partition coefficient (Wildman–Crippen LogP) is 5.00. The Kier molecular flexibility index (Phi) is 4.88. The van der Waals surface area contributed by atoms with Crippen molar-refractivity contribution < 1.29 is 4.74 Å². The van der Waals surface area contributed by atoms with Crippen molar-refractivity contribution in [1.82, 2.24) is 0 Å². The average molecular weight is 293 g/mol. The number of hydrogen-bond acceptors (Lipinski definition) is 2. The first-order valence-corrected chi connectivity index (χ1v) is 7.70. The summed E-state index contributed by atoms with van der Waals surface area (Å²) in [6.45, 7) is 9.15. The molecule has 0 saturated heterocycles. The molecule has 0 bridgehead atoms. The maximum atomic E-state index is 9.16. The quantitative estimate of drug-likeness (QED) is 0.795. The fourth-order valence-corrected chi connectivity index (χ4v) is 2.42. The molecule has 0 amide bonds. The van der Waals surface area contributed by atoms with Crippen LogP contribution in [0, 0.1) is 11.3 Å². The van der Waals surface area contributed by atoms with E-state index >= 15 is 0 Å². The first kappa shape index (κ1) is 16.1. The standard InChI is InChI=1S/C20H23NO/c1-5-15-10-11-19(18(12-15)20(2,3)4)22-14-17-9-7-6-8-16(17)13-21/h6-12H,5,14H2,1-4H3. The number of benzene rings is 2. The van der Waals surface area contributed by atoms with Gasteiger partial charge in [0.15, 0.2) is 0 Å². The highest BCUT2D eigenvalue weighted by molar-refractivity contribution is 5.42. The molecule has 0 aliphatic carbocycles. The molecule has 114 valence electrons. The number of aryl methyl sites for hydroxylation is 1. The molecule has 0 spiro atoms. The third-order valence-corrected chi connectivity index (χ3v) is 3.78. The van der Waals surface area contributed by atoms with Crippen LogP contribution in [-0.2, 0) is 18.4 Å². The third kappa shape index (κ3) is 3.68. The van der Waals surface area contributed by atoms with Crippen molar-refractivity contribution in [2.45, 2.75) is 46.1 Å². The summed E-state index contributed by atoms with van der Waals surface area (Å²) in [7, 11) is 0. The summed E-state index contributed by atoms with van der Waals surface area (Å²) in [6.07, 6.45) is 1.01. The summed E-state index contributed by atoms with van der Waals surface area (Å²) in [4.78, 5) is 0. The predicted molar refractivity (Wildman–Crippen MR) is 90.0 cm³/mol. The van der Waals surface area contributed by atoms with E-state index in [1.807, 2.05) is 24.3 Å². The minimum atomic E-state index is 0.0231. The lowest BCUT2D eigenvalue weighted by Crippen LogP contribution is -2.14. The molecule has 2 aromatic carbocycles. The van der Waals surface area contributed by atoms with Crippen LogP contribution in [0.15, 0.2) is 42.5 Å². The van der Waals surface area contributed by atoms with Gasteiger partial charge in [-0.1, -0.05) is 58.0 Å². The average Bonchev–Trinajstić information content (AvgIpc) is 2.52. The molecule has 2 aromatic rings. The van der Waals surface area contributed by atoms with E-state index in [9.17, 15) is 0 Å². The van der Waals surface area contributed by atoms with Gasteiger partial charge in [-0.3, -0.25) is 0 Å². The molecule has 2 heteroatoms. The Hall–Kier alpha value is -2.27. The van der Waals surface area contributed by atoms with Crippen LogP contribution < -0.4 is 4.74 Å². The fraction of sp³-hybridized carbons (Fsp3) is 0.350. The highest BCUT2D eigenvalue weighted by Crippen LogP contribution is 2.33. The molecule has 0 aliphatic rings. The molecule has 0 unspecified atom stereocenters. The van der Waals surface area contributed by atoms with Gasteiger partial charge in [-0.25, -0.2) is 0 Å². The summed E-state index contributed by atoms with van der Waals surface area (Å²) in [6, 6.07) is 16.2. The second-order valence-corrected chi connectivity index (χ2v) is 6.49. The zero-order chi connectivity index (χ0) is 16.2. The van der Waals surface area contributed by atoms with Gasteiger partial charge in [0.25, 0.3) is 0 Å². The van der Waals surface area contributed by atoms with Crippen LogP contribution in [-0.4, -0.2) is 0 Å². The van der Waals surface area contributed by atoms with E-state index in [-0.39, 0.29) is 5.41 Å². The van der Waals surface area contributed by atoms with Crippen LogP contribution in [0.2, 0.25) is 0 Å². The van der Waals surface area contributed by atoms with Crippen molar-refractivity contribution in [3.63, 3.8) is 0 Å². The van der Waals surface area contributed by atoms with E-state index in [0.717, 1.165) is 17.7 Å². The molecule has 0 aliphatic heterocycles. The minimum absolute atomic E-state index is 0.0231. The van der Waals surface area contributed by atoms with Crippen LogP contribution >= 0.6 is 0 Å². The Morgan fingerprint density at radius 2 is 1.82 bits per heavy atom. The summed E-state index contributed by atoms with van der Waals surface area (Å²) in [5, 5.41) is 9.16. The molecule has 2 rings (SSSR count). The van der Waals surface area contributed by atoms with Crippen LogP contribution in [0.25, 0.3) is 0 Å². The largest absolute Gasteiger partial charge is 0.489 e. The number of nitriles is 1. The van der Waals surface area contributed by atoms with Crippen LogP contribution in [0.3, 0.4) is 0 Å². The van der Waals surface area contributed by atoms with E-state index < -0.39 is 0 Å². The van der Waals surface area contributed by atoms with Crippen molar-refractivity contribution >= 4 is 0 Å². The molecular weight excluding hydrogens is 270 g/mol. The monoisotopic (exact) mass is 293 g/mol. The van der Waals surface area contributed by atoms with E-state index in [4.69, 9.17) is 10.00 Å². The van der Waals surface area contributed by atoms with Gasteiger partial charge >= 0.3 is 0 Å². The lowest BCUT2D eigenvalue weighted by molar-refractivity contribution is 0.297. The van der Waals surface area contributed by atoms with Crippen molar-refractivity contribution in [2.24, 2.45) is 0 Å². The van der Waals surface area contributed by atoms with Crippen LogP contribution in [0.4, 0.5) is 0 Å². The van der Waals surface area contributed by atoms with E-state index in [1.165, 1.54) is 11.1 Å². The summed E-state index contributed by atoms with van der Waals surface area (Å²) in [5.74, 6) is 0.900. The van der Waals surface area contributed by atoms with Gasteiger partial charge in [0.1, 0.15) is 12.4 Å². The Labute approximate surface area is 133 Å². The van der Waals surface area contributed by atoms with Crippen LogP contribution in [0.5, 0.6) is 5.75 Å². The molecule has 0 atom stereocenters. The van der Waals surface area contributed by atoms with Gasteiger partial charge in [-0.05, 0) is 35.1 Å². The zero-order valence-electron chi connectivity index (χ0n) is 13.8. The molecule has 0 saturated carbocycles. The zero-order valence-corrected chi connectivity index (χ0v) is 13.8. The van der Waals surface area contributed by atoms with Gasteiger partial charge in [0.2, 0.25) is 0 Å². The van der Waals surface area contributed by atoms with Gasteiger partial charge in [0, 0.05) is 5.56 Å². The van der Waals surface area contributed by atoms with Gasteiger partial charge < -0.3 is 4.74 Å². The van der Waals surface area contributed by atoms with Gasteiger partial charge in [0.05, 0.1) is 11.6 Å². The third-order valence-electron chi connectivity index (χ3n) is 3.78. The number of rotatable bonds is 4. The molecule has 0 radical (unpaired) electrons. The first-order chi connectivity index (χ1) is 10.5. The molecule has 0 aromatic heterocycles. The maximum absolute atomic E-state index is 9.16. The highest BCUT2D eigenvalue weighted by atomic mass is 16.5. The van der Waals surface area contributed by atoms with Gasteiger partial charge in [-0.15, -0.1) is 0 Å². The number of ether oxygens (including phenoxy) is 1. The van der Waals surface area contributed by atoms with E-state index in [1.54, 1.807) is 0 Å². The topological polar surface area (TPSA) is 33.0 Å². The summed E-state index contributed by atoms with van der Waals surface area (Å²) < 4.78 is 6.04. The maximum Gasteiger partial charge on any atom is 0.123 e. The second kappa shape index (κ2) is 6.66. The molecule has 0 heterocycles. The smallest absolute Gasteiger partial charge is 0.123 e. The molecule has 22 heavy (non-hydrogen) atoms. The lowest BCUT2D eigenvalue weighted by atomic mass is 9.85. The van der Waals surface area contributed by atoms with Crippen molar-refractivity contribution in [3.05, 3.63) is 64.7 Å². The van der Waals surface area contributed by atoms with E-state index in [0.29, 0.717) is 12.2 Å². The second-order valence-electron chi connectivity index (χ2n) is 6.49. The normalized spacial score (nSPS) is 11.0. The minimum Gasteiger partial charge on any atom is -0.489 e. The Balaban J connectivity index is 2.28. The summed E-state index contributed by atoms with van der Waals surface area (Å²) >= 11 is 0. The van der Waals surface area contributed by atoms with Crippen molar-refractivity contribution in [2.75, 3.05) is 0 Å². The molecule has 0 N–H and O–H groups in total. The lowest BCUT2D eigenvalue weighted by Gasteiger charge is -2.24. The Bertz CT molecular complexity index is 690. The first-order valence-electron chi connectivity index (χ1n) is 7.70. The highest BCUT2D eigenvalue weighted by Gasteiger charge is 2.19.